The van der Waals surface area contributed by atoms with Crippen LogP contribution >= 0.6 is 0 Å². The molecular weight excluding hydrogens is 444 g/mol. The molecule has 0 amide bonds. The quantitative estimate of drug-likeness (QED) is 0.106. The van der Waals surface area contributed by atoms with Crippen molar-refractivity contribution in [2.45, 2.75) is 118 Å². The number of hydrogen-bond donors (Lipinski definition) is 0. The van der Waals surface area contributed by atoms with Gasteiger partial charge in [-0.1, -0.05) is 103 Å². The van der Waals surface area contributed by atoms with E-state index in [9.17, 15) is 19.2 Å². The summed E-state index contributed by atoms with van der Waals surface area (Å²) in [5.74, 6) is -2.21. The number of carbonyl (C=O) groups excluding carboxylic acids is 4. The Kier molecular flexibility index (Phi) is 14.5. The summed E-state index contributed by atoms with van der Waals surface area (Å²) >= 11 is 0. The average Bonchev–Trinajstić information content (AvgIpc) is 3.27. The minimum atomic E-state index is -0.405. The monoisotopic (exact) mass is 490 g/mol. The first kappa shape index (κ1) is 30.8. The van der Waals surface area contributed by atoms with Gasteiger partial charge < -0.3 is 9.47 Å². The maximum absolute atomic E-state index is 11.3. The number of unbranched alkanes of at least 4 members (excludes halogenated alkanes) is 8. The van der Waals surface area contributed by atoms with Crippen molar-refractivity contribution in [1.82, 2.24) is 0 Å². The summed E-state index contributed by atoms with van der Waals surface area (Å²) in [5.41, 5.74) is 1.24. The van der Waals surface area contributed by atoms with Crippen molar-refractivity contribution in [3.8, 4) is 0 Å². The maximum atomic E-state index is 11.3. The Morgan fingerprint density at radius 2 is 1.46 bits per heavy atom. The molecule has 0 aromatic carbocycles. The van der Waals surface area contributed by atoms with Gasteiger partial charge in [0.1, 0.15) is 0 Å². The van der Waals surface area contributed by atoms with Crippen molar-refractivity contribution in [2.24, 2.45) is 17.3 Å². The van der Waals surface area contributed by atoms with Gasteiger partial charge in [0.25, 0.3) is 0 Å². The van der Waals surface area contributed by atoms with Gasteiger partial charge in [0, 0.05) is 0 Å². The third kappa shape index (κ3) is 13.4. The highest BCUT2D eigenvalue weighted by Crippen LogP contribution is 2.32. The number of cyclic esters (lactones) is 4. The number of allylic oxidation sites excluding steroid dienone is 2. The molecule has 0 aromatic heterocycles. The minimum absolute atomic E-state index is 0.212. The van der Waals surface area contributed by atoms with E-state index in [1.54, 1.807) is 0 Å². The Hall–Kier alpha value is -2.24. The zero-order chi connectivity index (χ0) is 26.3. The first-order chi connectivity index (χ1) is 16.6. The topological polar surface area (TPSA) is 86.7 Å². The van der Waals surface area contributed by atoms with Crippen LogP contribution < -0.4 is 0 Å². The van der Waals surface area contributed by atoms with Crippen molar-refractivity contribution >= 4 is 23.9 Å². The predicted octanol–water partition coefficient (Wildman–Crippen LogP) is 7.01. The standard InChI is InChI=1S/C16H26O3.C13H20O3/c1-2-3-4-5-6-7-8-9-10-11-12-14-13-15(17)19-16(14)18;1-5-13(3,4)8-9(2)6-10-7-11(14)16-12(10)15/h11-12,14H,2-10,13H2,1H3;10H,2,5-8H2,1,3-4H3/b12-11+;. The van der Waals surface area contributed by atoms with Gasteiger partial charge in [-0.3, -0.25) is 19.2 Å². The van der Waals surface area contributed by atoms with Crippen molar-refractivity contribution in [1.29, 1.82) is 0 Å². The summed E-state index contributed by atoms with van der Waals surface area (Å²) < 4.78 is 9.00. The summed E-state index contributed by atoms with van der Waals surface area (Å²) in [6.07, 6.45) is 18.3. The number of hydrogen-bond acceptors (Lipinski definition) is 6. The second-order valence-electron chi connectivity index (χ2n) is 10.6. The summed E-state index contributed by atoms with van der Waals surface area (Å²) in [4.78, 5) is 44.2. The third-order valence-electron chi connectivity index (χ3n) is 6.68. The molecule has 6 heteroatoms. The molecule has 2 unspecified atom stereocenters. The Balaban J connectivity index is 0.000000355. The van der Waals surface area contributed by atoms with Crippen molar-refractivity contribution in [2.75, 3.05) is 0 Å². The first-order valence-corrected chi connectivity index (χ1v) is 13.4. The molecule has 2 aliphatic rings. The van der Waals surface area contributed by atoms with Crippen LogP contribution in [0.2, 0.25) is 0 Å². The molecule has 6 nitrogen and oxygen atoms in total. The Labute approximate surface area is 211 Å². The number of ether oxygens (including phenoxy) is 2. The lowest BCUT2D eigenvalue weighted by Gasteiger charge is -2.24. The molecule has 0 N–H and O–H groups in total. The first-order valence-electron chi connectivity index (χ1n) is 13.4. The van der Waals surface area contributed by atoms with Crippen molar-refractivity contribution in [3.63, 3.8) is 0 Å². The van der Waals surface area contributed by atoms with E-state index in [0.717, 1.165) is 24.8 Å². The van der Waals surface area contributed by atoms with Crippen LogP contribution in [0.3, 0.4) is 0 Å². The highest BCUT2D eigenvalue weighted by Gasteiger charge is 2.34. The van der Waals surface area contributed by atoms with Crippen LogP contribution in [0.1, 0.15) is 118 Å². The number of esters is 4. The SMILES string of the molecule is C=C(CC1CC(=O)OC1=O)CC(C)(C)CC.CCCCCCCCCC/C=C/C1CC(=O)OC1=O. The molecule has 0 spiro atoms. The van der Waals surface area contributed by atoms with Crippen LogP contribution in [0.4, 0.5) is 0 Å². The molecule has 2 heterocycles. The van der Waals surface area contributed by atoms with E-state index in [-0.39, 0.29) is 36.1 Å². The Bertz CT molecular complexity index is 748. The summed E-state index contributed by atoms with van der Waals surface area (Å²) in [7, 11) is 0. The lowest BCUT2D eigenvalue weighted by atomic mass is 9.81. The van der Waals surface area contributed by atoms with E-state index in [1.165, 1.54) is 51.4 Å². The van der Waals surface area contributed by atoms with Crippen molar-refractivity contribution in [3.05, 3.63) is 24.3 Å². The fourth-order valence-electron chi connectivity index (χ4n) is 4.20. The molecule has 2 fully saturated rings. The normalized spacial score (nSPS) is 20.1. The smallest absolute Gasteiger partial charge is 0.321 e. The van der Waals surface area contributed by atoms with E-state index >= 15 is 0 Å². The number of carbonyl (C=O) groups is 4. The van der Waals surface area contributed by atoms with Crippen molar-refractivity contribution < 1.29 is 28.7 Å². The van der Waals surface area contributed by atoms with E-state index in [2.05, 4.69) is 43.7 Å². The zero-order valence-electron chi connectivity index (χ0n) is 22.4. The summed E-state index contributed by atoms with van der Waals surface area (Å²) in [6.45, 7) is 12.7. The minimum Gasteiger partial charge on any atom is -0.393 e. The van der Waals surface area contributed by atoms with Gasteiger partial charge in [-0.05, 0) is 31.1 Å². The van der Waals surface area contributed by atoms with E-state index < -0.39 is 17.9 Å². The Morgan fingerprint density at radius 1 is 0.886 bits per heavy atom. The van der Waals surface area contributed by atoms with Gasteiger partial charge >= 0.3 is 23.9 Å². The second-order valence-corrected chi connectivity index (χ2v) is 10.6. The molecule has 0 aliphatic carbocycles. The third-order valence-corrected chi connectivity index (χ3v) is 6.68. The molecule has 0 radical (unpaired) electrons. The molecule has 0 bridgehead atoms. The fraction of sp³-hybridized carbons (Fsp3) is 0.724. The fourth-order valence-corrected chi connectivity index (χ4v) is 4.20. The Morgan fingerprint density at radius 3 is 1.97 bits per heavy atom. The maximum Gasteiger partial charge on any atom is 0.321 e. The molecule has 198 valence electrons. The van der Waals surface area contributed by atoms with Crippen LogP contribution in [-0.4, -0.2) is 23.9 Å². The number of rotatable bonds is 15. The lowest BCUT2D eigenvalue weighted by Crippen LogP contribution is -2.14. The summed E-state index contributed by atoms with van der Waals surface area (Å²) in [5, 5.41) is 0. The van der Waals surface area contributed by atoms with Crippen LogP contribution in [0.15, 0.2) is 24.3 Å². The molecule has 2 atom stereocenters. The summed E-state index contributed by atoms with van der Waals surface area (Å²) in [6, 6.07) is 0. The second kappa shape index (κ2) is 16.4. The van der Waals surface area contributed by atoms with E-state index in [1.807, 2.05) is 12.2 Å². The van der Waals surface area contributed by atoms with Gasteiger partial charge in [-0.2, -0.15) is 0 Å². The largest absolute Gasteiger partial charge is 0.393 e. The highest BCUT2D eigenvalue weighted by molar-refractivity contribution is 5.95. The molecule has 2 aliphatic heterocycles. The molecule has 0 saturated carbocycles. The molecule has 0 aromatic rings. The molecule has 2 rings (SSSR count). The average molecular weight is 491 g/mol. The van der Waals surface area contributed by atoms with Gasteiger partial charge in [0.2, 0.25) is 0 Å². The molecule has 35 heavy (non-hydrogen) atoms. The molecular formula is C29H46O6. The van der Waals surface area contributed by atoms with Gasteiger partial charge in [-0.25, -0.2) is 0 Å². The van der Waals surface area contributed by atoms with Crippen LogP contribution in [0.5, 0.6) is 0 Å². The highest BCUT2D eigenvalue weighted by atomic mass is 16.6. The van der Waals surface area contributed by atoms with Crippen LogP contribution in [-0.2, 0) is 28.7 Å². The van der Waals surface area contributed by atoms with E-state index in [4.69, 9.17) is 0 Å². The van der Waals surface area contributed by atoms with Gasteiger partial charge in [0.15, 0.2) is 0 Å². The zero-order valence-corrected chi connectivity index (χ0v) is 22.4. The lowest BCUT2D eigenvalue weighted by molar-refractivity contribution is -0.154. The van der Waals surface area contributed by atoms with Crippen LogP contribution in [0, 0.1) is 17.3 Å². The van der Waals surface area contributed by atoms with Gasteiger partial charge in [-0.15, -0.1) is 0 Å². The molecule has 2 saturated heterocycles. The van der Waals surface area contributed by atoms with E-state index in [0.29, 0.717) is 6.42 Å². The van der Waals surface area contributed by atoms with Crippen LogP contribution in [0.25, 0.3) is 0 Å². The predicted molar refractivity (Wildman–Crippen MR) is 137 cm³/mol. The van der Waals surface area contributed by atoms with Gasteiger partial charge in [0.05, 0.1) is 24.7 Å².